The molecule has 0 amide bonds. The highest BCUT2D eigenvalue weighted by Crippen LogP contribution is 2.31. The highest BCUT2D eigenvalue weighted by atomic mass is 32.2. The number of nitrogens with one attached hydrogen (secondary N) is 1. The van der Waals surface area contributed by atoms with E-state index in [9.17, 15) is 8.42 Å². The van der Waals surface area contributed by atoms with Gasteiger partial charge in [0, 0.05) is 18.2 Å². The fourth-order valence-corrected chi connectivity index (χ4v) is 4.31. The van der Waals surface area contributed by atoms with Gasteiger partial charge in [-0.05, 0) is 24.6 Å². The van der Waals surface area contributed by atoms with Crippen molar-refractivity contribution in [2.75, 3.05) is 24.3 Å². The van der Waals surface area contributed by atoms with Crippen LogP contribution in [0.5, 0.6) is 0 Å². The lowest BCUT2D eigenvalue weighted by Crippen LogP contribution is -2.20. The number of nitrogen functional groups attached to an aromatic ring is 1. The van der Waals surface area contributed by atoms with Crippen molar-refractivity contribution < 1.29 is 13.2 Å². The number of nitrogens with two attached hydrogens (primary N) is 1. The monoisotopic (exact) mass is 358 g/mol. The molecule has 0 radical (unpaired) electrons. The van der Waals surface area contributed by atoms with E-state index in [2.05, 4.69) is 10.3 Å². The van der Waals surface area contributed by atoms with Crippen LogP contribution in [0.4, 0.5) is 11.4 Å². The van der Waals surface area contributed by atoms with Gasteiger partial charge in [0.05, 0.1) is 35.1 Å². The summed E-state index contributed by atoms with van der Waals surface area (Å²) < 4.78 is 32.4. The van der Waals surface area contributed by atoms with Crippen molar-refractivity contribution in [2.45, 2.75) is 17.4 Å². The average molecular weight is 358 g/mol. The van der Waals surface area contributed by atoms with Gasteiger partial charge in [-0.1, -0.05) is 18.2 Å². The Morgan fingerprint density at radius 2 is 2.04 bits per heavy atom. The molecule has 1 aromatic carbocycles. The molecule has 3 N–H and O–H groups in total. The van der Waals surface area contributed by atoms with Crippen LogP contribution in [-0.4, -0.2) is 36.6 Å². The molecule has 8 heteroatoms. The summed E-state index contributed by atoms with van der Waals surface area (Å²) in [7, 11) is -3.72. The van der Waals surface area contributed by atoms with Crippen molar-refractivity contribution >= 4 is 32.4 Å². The number of fused-ring (bicyclic) bond motifs is 1. The van der Waals surface area contributed by atoms with Crippen LogP contribution in [0.2, 0.25) is 0 Å². The second kappa shape index (κ2) is 6.05. The van der Waals surface area contributed by atoms with Crippen LogP contribution >= 0.6 is 0 Å². The molecular formula is C17H18N4O3S. The maximum Gasteiger partial charge on any atom is 0.269 e. The molecule has 3 aromatic rings. The normalized spacial score (nSPS) is 17.8. The summed E-state index contributed by atoms with van der Waals surface area (Å²) in [4.78, 5) is 4.47. The van der Waals surface area contributed by atoms with Gasteiger partial charge in [-0.3, -0.25) is 0 Å². The SMILES string of the molecule is Nc1cnc2c(ccn2S(=O)(=O)c2ccccc2)c1NC1CCOC1. The topological polar surface area (TPSA) is 99.2 Å². The van der Waals surface area contributed by atoms with Gasteiger partial charge in [0.2, 0.25) is 0 Å². The van der Waals surface area contributed by atoms with Gasteiger partial charge in [-0.15, -0.1) is 0 Å². The Balaban J connectivity index is 1.82. The highest BCUT2D eigenvalue weighted by Gasteiger charge is 2.23. The Bertz CT molecular complexity index is 1010. The van der Waals surface area contributed by atoms with Crippen LogP contribution in [0.15, 0.2) is 53.7 Å². The maximum absolute atomic E-state index is 12.9. The molecule has 130 valence electrons. The van der Waals surface area contributed by atoms with Crippen molar-refractivity contribution in [3.8, 4) is 0 Å². The van der Waals surface area contributed by atoms with Gasteiger partial charge in [-0.25, -0.2) is 17.4 Å². The first kappa shape index (κ1) is 15.9. The molecule has 0 bridgehead atoms. The van der Waals surface area contributed by atoms with Crippen LogP contribution in [0.25, 0.3) is 11.0 Å². The van der Waals surface area contributed by atoms with E-state index < -0.39 is 10.0 Å². The molecular weight excluding hydrogens is 340 g/mol. The van der Waals surface area contributed by atoms with Crippen molar-refractivity contribution in [3.63, 3.8) is 0 Å². The van der Waals surface area contributed by atoms with Crippen molar-refractivity contribution in [2.24, 2.45) is 0 Å². The Labute approximate surface area is 145 Å². The maximum atomic E-state index is 12.9. The van der Waals surface area contributed by atoms with E-state index in [0.717, 1.165) is 6.42 Å². The molecule has 0 spiro atoms. The van der Waals surface area contributed by atoms with Crippen LogP contribution in [0.1, 0.15) is 6.42 Å². The van der Waals surface area contributed by atoms with Crippen LogP contribution < -0.4 is 11.1 Å². The number of aromatic nitrogens is 2. The van der Waals surface area contributed by atoms with Gasteiger partial charge in [0.25, 0.3) is 10.0 Å². The van der Waals surface area contributed by atoms with Crippen molar-refractivity contribution in [1.29, 1.82) is 0 Å². The molecule has 3 heterocycles. The minimum Gasteiger partial charge on any atom is -0.396 e. The van der Waals surface area contributed by atoms with E-state index in [1.807, 2.05) is 0 Å². The number of anilines is 2. The van der Waals surface area contributed by atoms with Crippen molar-refractivity contribution in [1.82, 2.24) is 8.96 Å². The quantitative estimate of drug-likeness (QED) is 0.741. The largest absolute Gasteiger partial charge is 0.396 e. The number of hydrogen-bond donors (Lipinski definition) is 2. The lowest BCUT2D eigenvalue weighted by molar-refractivity contribution is 0.195. The average Bonchev–Trinajstić information content (AvgIpc) is 3.28. The molecule has 4 rings (SSSR count). The fourth-order valence-electron chi connectivity index (χ4n) is 2.99. The Morgan fingerprint density at radius 1 is 1.24 bits per heavy atom. The van der Waals surface area contributed by atoms with Gasteiger partial charge in [-0.2, -0.15) is 0 Å². The highest BCUT2D eigenvalue weighted by molar-refractivity contribution is 7.90. The lowest BCUT2D eigenvalue weighted by atomic mass is 10.2. The van der Waals surface area contributed by atoms with E-state index in [0.29, 0.717) is 35.6 Å². The summed E-state index contributed by atoms with van der Waals surface area (Å²) in [6.45, 7) is 1.31. The third-order valence-electron chi connectivity index (χ3n) is 4.29. The molecule has 7 nitrogen and oxygen atoms in total. The zero-order valence-electron chi connectivity index (χ0n) is 13.4. The zero-order valence-corrected chi connectivity index (χ0v) is 14.2. The molecule has 0 saturated carbocycles. The summed E-state index contributed by atoms with van der Waals surface area (Å²) >= 11 is 0. The van der Waals surface area contributed by atoms with Gasteiger partial charge in [0.15, 0.2) is 5.65 Å². The lowest BCUT2D eigenvalue weighted by Gasteiger charge is -2.15. The van der Waals surface area contributed by atoms with Crippen LogP contribution in [0.3, 0.4) is 0 Å². The van der Waals surface area contributed by atoms with E-state index in [-0.39, 0.29) is 10.9 Å². The first-order valence-electron chi connectivity index (χ1n) is 7.98. The third kappa shape index (κ3) is 2.73. The minimum atomic E-state index is -3.72. The molecule has 1 saturated heterocycles. The molecule has 1 aliphatic heterocycles. The zero-order chi connectivity index (χ0) is 17.4. The number of hydrogen-bond acceptors (Lipinski definition) is 6. The van der Waals surface area contributed by atoms with Crippen LogP contribution in [-0.2, 0) is 14.8 Å². The van der Waals surface area contributed by atoms with E-state index >= 15 is 0 Å². The molecule has 0 aliphatic carbocycles. The number of pyridine rings is 1. The molecule has 1 fully saturated rings. The summed E-state index contributed by atoms with van der Waals surface area (Å²) in [5.74, 6) is 0. The Hall–Kier alpha value is -2.58. The molecule has 2 aromatic heterocycles. The predicted octanol–water partition coefficient (Wildman–Crippen LogP) is 2.06. The molecule has 1 unspecified atom stereocenters. The van der Waals surface area contributed by atoms with Gasteiger partial charge >= 0.3 is 0 Å². The fraction of sp³-hybridized carbons (Fsp3) is 0.235. The Morgan fingerprint density at radius 3 is 2.76 bits per heavy atom. The molecule has 1 aliphatic rings. The van der Waals surface area contributed by atoms with Gasteiger partial charge in [0.1, 0.15) is 0 Å². The second-order valence-corrected chi connectivity index (χ2v) is 7.78. The molecule has 1 atom stereocenters. The smallest absolute Gasteiger partial charge is 0.269 e. The summed E-state index contributed by atoms with van der Waals surface area (Å²) in [5, 5.41) is 4.03. The first-order valence-corrected chi connectivity index (χ1v) is 9.42. The summed E-state index contributed by atoms with van der Waals surface area (Å²) in [5.41, 5.74) is 7.59. The Kier molecular flexibility index (Phi) is 3.85. The summed E-state index contributed by atoms with van der Waals surface area (Å²) in [6, 6.07) is 10.2. The third-order valence-corrected chi connectivity index (χ3v) is 5.97. The predicted molar refractivity (Wildman–Crippen MR) is 96.0 cm³/mol. The first-order chi connectivity index (χ1) is 12.1. The van der Waals surface area contributed by atoms with E-state index in [1.54, 1.807) is 36.4 Å². The van der Waals surface area contributed by atoms with E-state index in [4.69, 9.17) is 10.5 Å². The van der Waals surface area contributed by atoms with Gasteiger partial charge < -0.3 is 15.8 Å². The molecule has 25 heavy (non-hydrogen) atoms. The number of rotatable bonds is 4. The minimum absolute atomic E-state index is 0.155. The standard InChI is InChI=1S/C17H18N4O3S/c18-15-10-19-17-14(16(15)20-12-7-9-24-11-12)6-8-21(17)25(22,23)13-4-2-1-3-5-13/h1-6,8,10,12H,7,9,11,18H2,(H,19,20). The van der Waals surface area contributed by atoms with Crippen molar-refractivity contribution in [3.05, 3.63) is 48.8 Å². The van der Waals surface area contributed by atoms with E-state index in [1.165, 1.54) is 16.4 Å². The number of nitrogens with zero attached hydrogens (tertiary/aromatic N) is 2. The number of ether oxygens (including phenoxy) is 1. The second-order valence-electron chi connectivity index (χ2n) is 5.96. The van der Waals surface area contributed by atoms with Crippen LogP contribution in [0, 0.1) is 0 Å². The summed E-state index contributed by atoms with van der Waals surface area (Å²) in [6.07, 6.45) is 3.87. The number of benzene rings is 1.